The van der Waals surface area contributed by atoms with Crippen LogP contribution in [0.3, 0.4) is 0 Å². The molecule has 0 saturated carbocycles. The van der Waals surface area contributed by atoms with Crippen molar-refractivity contribution in [3.05, 3.63) is 24.0 Å². The molecular formula is C14H22N2O3. The Hall–Kier alpha value is -1.33. The minimum absolute atomic E-state index is 0.0652. The van der Waals surface area contributed by atoms with Crippen molar-refractivity contribution in [1.82, 2.24) is 9.47 Å². The molecule has 0 N–H and O–H groups in total. The monoisotopic (exact) mass is 266 g/mol. The number of rotatable bonds is 6. The Kier molecular flexibility index (Phi) is 4.99. The molecule has 0 bridgehead atoms. The van der Waals surface area contributed by atoms with Gasteiger partial charge in [-0.3, -0.25) is 4.79 Å². The lowest BCUT2D eigenvalue weighted by molar-refractivity contribution is -0.140. The van der Waals surface area contributed by atoms with Crippen LogP contribution in [-0.2, 0) is 20.8 Å². The van der Waals surface area contributed by atoms with Crippen LogP contribution in [0.4, 0.5) is 0 Å². The average molecular weight is 266 g/mol. The number of ether oxygens (including phenoxy) is 2. The quantitative estimate of drug-likeness (QED) is 0.732. The Labute approximate surface area is 114 Å². The van der Waals surface area contributed by atoms with E-state index in [0.717, 1.165) is 19.5 Å². The van der Waals surface area contributed by atoms with Gasteiger partial charge in [0, 0.05) is 32.1 Å². The normalized spacial score (nSPS) is 18.4. The number of aromatic nitrogens is 1. The zero-order valence-corrected chi connectivity index (χ0v) is 11.7. The molecule has 1 aliphatic rings. The van der Waals surface area contributed by atoms with Gasteiger partial charge in [0.2, 0.25) is 5.91 Å². The zero-order valence-electron chi connectivity index (χ0n) is 11.7. The summed E-state index contributed by atoms with van der Waals surface area (Å²) in [5.74, 6) is 0.0652. The molecule has 1 aromatic heterocycles. The number of nitrogens with zero attached hydrogens (tertiary/aromatic N) is 2. The first-order valence-electron chi connectivity index (χ1n) is 6.79. The van der Waals surface area contributed by atoms with Gasteiger partial charge in [0.15, 0.2) is 0 Å². The minimum atomic E-state index is 0.0652. The van der Waals surface area contributed by atoms with Gasteiger partial charge in [-0.15, -0.1) is 0 Å². The van der Waals surface area contributed by atoms with Gasteiger partial charge in [-0.05, 0) is 18.6 Å². The van der Waals surface area contributed by atoms with Crippen molar-refractivity contribution in [1.29, 1.82) is 0 Å². The maximum atomic E-state index is 12.2. The first-order valence-corrected chi connectivity index (χ1v) is 6.79. The second-order valence-electron chi connectivity index (χ2n) is 4.68. The number of hydrogen-bond donors (Lipinski definition) is 0. The van der Waals surface area contributed by atoms with Gasteiger partial charge in [-0.2, -0.15) is 0 Å². The van der Waals surface area contributed by atoms with Gasteiger partial charge in [0.25, 0.3) is 0 Å². The molecule has 0 spiro atoms. The summed E-state index contributed by atoms with van der Waals surface area (Å²) in [6.45, 7) is 4.85. The highest BCUT2D eigenvalue weighted by molar-refractivity contribution is 5.78. The molecule has 2 heterocycles. The van der Waals surface area contributed by atoms with Gasteiger partial charge >= 0.3 is 0 Å². The van der Waals surface area contributed by atoms with Crippen LogP contribution < -0.4 is 0 Å². The van der Waals surface area contributed by atoms with Crippen LogP contribution >= 0.6 is 0 Å². The molecule has 2 rings (SSSR count). The molecule has 1 amide bonds. The molecule has 0 aliphatic carbocycles. The second-order valence-corrected chi connectivity index (χ2v) is 4.68. The lowest BCUT2D eigenvalue weighted by Crippen LogP contribution is -2.43. The van der Waals surface area contributed by atoms with E-state index in [9.17, 15) is 4.79 Å². The Morgan fingerprint density at radius 2 is 2.26 bits per heavy atom. The van der Waals surface area contributed by atoms with E-state index in [1.54, 1.807) is 7.11 Å². The van der Waals surface area contributed by atoms with Crippen LogP contribution in [0.25, 0.3) is 0 Å². The highest BCUT2D eigenvalue weighted by Gasteiger charge is 2.29. The molecular weight excluding hydrogens is 244 g/mol. The summed E-state index contributed by atoms with van der Waals surface area (Å²) in [5.41, 5.74) is 1.22. The van der Waals surface area contributed by atoms with Gasteiger partial charge in [0.1, 0.15) is 6.61 Å². The van der Waals surface area contributed by atoms with E-state index in [0.29, 0.717) is 13.2 Å². The summed E-state index contributed by atoms with van der Waals surface area (Å²) in [7, 11) is 1.62. The van der Waals surface area contributed by atoms with E-state index in [4.69, 9.17) is 9.47 Å². The Balaban J connectivity index is 1.95. The molecule has 1 atom stereocenters. The van der Waals surface area contributed by atoms with Crippen molar-refractivity contribution < 1.29 is 14.3 Å². The summed E-state index contributed by atoms with van der Waals surface area (Å²) in [5, 5.41) is 0. The third kappa shape index (κ3) is 3.16. The first kappa shape index (κ1) is 14.1. The number of fused-ring (bicyclic) bond motifs is 1. The Morgan fingerprint density at radius 1 is 1.42 bits per heavy atom. The van der Waals surface area contributed by atoms with Crippen molar-refractivity contribution in [3.63, 3.8) is 0 Å². The fraction of sp³-hybridized carbons (Fsp3) is 0.643. The molecule has 0 radical (unpaired) electrons. The number of carbonyl (C=O) groups excluding carboxylic acids is 1. The summed E-state index contributed by atoms with van der Waals surface area (Å²) >= 11 is 0. The maximum Gasteiger partial charge on any atom is 0.249 e. The topological polar surface area (TPSA) is 43.7 Å². The van der Waals surface area contributed by atoms with Gasteiger partial charge in [-0.25, -0.2) is 0 Å². The molecule has 1 aliphatic heterocycles. The zero-order chi connectivity index (χ0) is 13.7. The van der Waals surface area contributed by atoms with Crippen LogP contribution in [0.15, 0.2) is 18.3 Å². The third-order valence-corrected chi connectivity index (χ3v) is 3.53. The van der Waals surface area contributed by atoms with Crippen molar-refractivity contribution in [2.75, 3.05) is 33.5 Å². The molecule has 5 heteroatoms. The highest BCUT2D eigenvalue weighted by Crippen LogP contribution is 2.28. The summed E-state index contributed by atoms with van der Waals surface area (Å²) in [6.07, 6.45) is 3.00. The van der Waals surface area contributed by atoms with E-state index >= 15 is 0 Å². The first-order chi connectivity index (χ1) is 9.27. The van der Waals surface area contributed by atoms with Crippen molar-refractivity contribution in [3.8, 4) is 0 Å². The van der Waals surface area contributed by atoms with Crippen LogP contribution in [0.1, 0.15) is 25.1 Å². The molecule has 0 fully saturated rings. The number of methoxy groups -OCH3 is 1. The fourth-order valence-corrected chi connectivity index (χ4v) is 2.58. The number of hydrogen-bond acceptors (Lipinski definition) is 3. The summed E-state index contributed by atoms with van der Waals surface area (Å²) < 4.78 is 12.4. The average Bonchev–Trinajstić information content (AvgIpc) is 2.90. The number of carbonyl (C=O) groups is 1. The molecule has 0 aromatic carbocycles. The molecule has 1 aromatic rings. The van der Waals surface area contributed by atoms with E-state index in [1.807, 2.05) is 11.0 Å². The van der Waals surface area contributed by atoms with Crippen molar-refractivity contribution in [2.24, 2.45) is 0 Å². The summed E-state index contributed by atoms with van der Waals surface area (Å²) in [4.78, 5) is 14.1. The summed E-state index contributed by atoms with van der Waals surface area (Å²) in [6, 6.07) is 4.31. The van der Waals surface area contributed by atoms with Gasteiger partial charge in [-0.1, -0.05) is 6.92 Å². The van der Waals surface area contributed by atoms with Crippen LogP contribution in [0.2, 0.25) is 0 Å². The third-order valence-electron chi connectivity index (χ3n) is 3.53. The van der Waals surface area contributed by atoms with E-state index in [2.05, 4.69) is 23.8 Å². The van der Waals surface area contributed by atoms with Crippen molar-refractivity contribution in [2.45, 2.75) is 25.9 Å². The van der Waals surface area contributed by atoms with E-state index < -0.39 is 0 Å². The van der Waals surface area contributed by atoms with E-state index in [1.165, 1.54) is 5.69 Å². The Morgan fingerprint density at radius 3 is 3.00 bits per heavy atom. The molecule has 5 nitrogen and oxygen atoms in total. The number of amides is 1. The smallest absolute Gasteiger partial charge is 0.249 e. The fourth-order valence-electron chi connectivity index (χ4n) is 2.58. The Bertz CT molecular complexity index is 417. The standard InChI is InChI=1S/C14H22N2O3/c1-3-12-13-5-4-6-15(13)7-8-16(12)14(17)11-19-10-9-18-2/h4-6,12H,3,7-11H2,1-2H3/t12-/m1/s1. The molecule has 0 saturated heterocycles. The van der Waals surface area contributed by atoms with Crippen LogP contribution in [0, 0.1) is 0 Å². The van der Waals surface area contributed by atoms with Gasteiger partial charge < -0.3 is 18.9 Å². The minimum Gasteiger partial charge on any atom is -0.382 e. The van der Waals surface area contributed by atoms with Gasteiger partial charge in [0.05, 0.1) is 19.3 Å². The second kappa shape index (κ2) is 6.73. The lowest BCUT2D eigenvalue weighted by Gasteiger charge is -2.36. The maximum absolute atomic E-state index is 12.2. The SMILES string of the molecule is CC[C@@H]1c2cccn2CCN1C(=O)COCCOC. The van der Waals surface area contributed by atoms with Crippen LogP contribution in [-0.4, -0.2) is 48.8 Å². The van der Waals surface area contributed by atoms with Crippen molar-refractivity contribution >= 4 is 5.91 Å². The predicted molar refractivity (Wildman–Crippen MR) is 71.9 cm³/mol. The molecule has 19 heavy (non-hydrogen) atoms. The van der Waals surface area contributed by atoms with Crippen LogP contribution in [0.5, 0.6) is 0 Å². The lowest BCUT2D eigenvalue weighted by atomic mass is 10.1. The predicted octanol–water partition coefficient (Wildman–Crippen LogP) is 1.44. The molecule has 106 valence electrons. The van der Waals surface area contributed by atoms with E-state index in [-0.39, 0.29) is 18.6 Å². The molecule has 0 unspecified atom stereocenters. The highest BCUT2D eigenvalue weighted by atomic mass is 16.5. The largest absolute Gasteiger partial charge is 0.382 e.